The van der Waals surface area contributed by atoms with E-state index < -0.39 is 0 Å². The second-order valence-corrected chi connectivity index (χ2v) is 5.25. The maximum absolute atomic E-state index is 13.7. The van der Waals surface area contributed by atoms with Crippen molar-refractivity contribution in [2.24, 2.45) is 5.73 Å². The number of nitrogens with two attached hydrogens (primary N) is 1. The van der Waals surface area contributed by atoms with Crippen molar-refractivity contribution in [3.8, 4) is 5.75 Å². The van der Waals surface area contributed by atoms with Crippen LogP contribution in [0, 0.1) is 12.7 Å². The predicted molar refractivity (Wildman–Crippen MR) is 77.7 cm³/mol. The number of hydrogen-bond donors (Lipinski definition) is 1. The van der Waals surface area contributed by atoms with Gasteiger partial charge in [0.05, 0.1) is 0 Å². The van der Waals surface area contributed by atoms with Crippen LogP contribution < -0.4 is 10.5 Å². The molecular formula is C15H15BrFNO. The van der Waals surface area contributed by atoms with E-state index in [0.717, 1.165) is 15.6 Å². The molecule has 2 N–H and O–H groups in total. The molecule has 0 radical (unpaired) electrons. The van der Waals surface area contributed by atoms with Crippen molar-refractivity contribution in [1.82, 2.24) is 0 Å². The fourth-order valence-electron chi connectivity index (χ4n) is 1.81. The van der Waals surface area contributed by atoms with Crippen molar-refractivity contribution in [2.45, 2.75) is 13.0 Å². The molecule has 0 aromatic heterocycles. The van der Waals surface area contributed by atoms with E-state index in [1.807, 2.05) is 31.2 Å². The maximum Gasteiger partial charge on any atom is 0.165 e. The van der Waals surface area contributed by atoms with E-state index >= 15 is 0 Å². The molecule has 2 nitrogen and oxygen atoms in total. The summed E-state index contributed by atoms with van der Waals surface area (Å²) < 4.78 is 20.3. The highest BCUT2D eigenvalue weighted by molar-refractivity contribution is 9.10. The van der Waals surface area contributed by atoms with Gasteiger partial charge in [0.15, 0.2) is 11.6 Å². The van der Waals surface area contributed by atoms with E-state index in [4.69, 9.17) is 10.5 Å². The lowest BCUT2D eigenvalue weighted by molar-refractivity contribution is 0.204. The summed E-state index contributed by atoms with van der Waals surface area (Å²) in [6.45, 7) is 2.17. The molecule has 0 fully saturated rings. The van der Waals surface area contributed by atoms with E-state index in [0.29, 0.717) is 0 Å². The molecule has 2 aromatic rings. The summed E-state index contributed by atoms with van der Waals surface area (Å²) >= 11 is 3.40. The molecule has 1 unspecified atom stereocenters. The molecule has 0 aliphatic heterocycles. The summed E-state index contributed by atoms with van der Waals surface area (Å²) in [5, 5.41) is 0. The van der Waals surface area contributed by atoms with Crippen LogP contribution in [0.3, 0.4) is 0 Å². The van der Waals surface area contributed by atoms with Gasteiger partial charge in [0.25, 0.3) is 0 Å². The van der Waals surface area contributed by atoms with Crippen molar-refractivity contribution in [3.05, 3.63) is 63.9 Å². The second-order valence-electron chi connectivity index (χ2n) is 4.33. The fraction of sp³-hybridized carbons (Fsp3) is 0.200. The van der Waals surface area contributed by atoms with Crippen LogP contribution in [0.2, 0.25) is 0 Å². The number of hydrogen-bond acceptors (Lipinski definition) is 2. The van der Waals surface area contributed by atoms with Gasteiger partial charge in [0.2, 0.25) is 0 Å². The quantitative estimate of drug-likeness (QED) is 0.923. The summed E-state index contributed by atoms with van der Waals surface area (Å²) in [4.78, 5) is 0. The van der Waals surface area contributed by atoms with E-state index in [-0.39, 0.29) is 24.2 Å². The van der Waals surface area contributed by atoms with Gasteiger partial charge < -0.3 is 10.5 Å². The largest absolute Gasteiger partial charge is 0.481 e. The lowest BCUT2D eigenvalue weighted by Crippen LogP contribution is -2.19. The summed E-state index contributed by atoms with van der Waals surface area (Å²) in [7, 11) is 0. The lowest BCUT2D eigenvalue weighted by Gasteiger charge is -2.18. The SMILES string of the molecule is Cc1ccc(F)c(OC(CN)c2cccc(Br)c2)c1. The highest BCUT2D eigenvalue weighted by Crippen LogP contribution is 2.26. The molecule has 1 atom stereocenters. The van der Waals surface area contributed by atoms with Gasteiger partial charge in [0, 0.05) is 11.0 Å². The Kier molecular flexibility index (Phi) is 4.56. The third kappa shape index (κ3) is 3.55. The average molecular weight is 324 g/mol. The van der Waals surface area contributed by atoms with E-state index in [1.54, 1.807) is 12.1 Å². The lowest BCUT2D eigenvalue weighted by atomic mass is 10.1. The number of halogens is 2. The van der Waals surface area contributed by atoms with E-state index in [1.165, 1.54) is 6.07 Å². The van der Waals surface area contributed by atoms with Crippen LogP contribution in [-0.2, 0) is 0 Å². The Morgan fingerprint density at radius 3 is 2.74 bits per heavy atom. The second kappa shape index (κ2) is 6.17. The smallest absolute Gasteiger partial charge is 0.165 e. The van der Waals surface area contributed by atoms with Gasteiger partial charge in [-0.3, -0.25) is 0 Å². The van der Waals surface area contributed by atoms with Crippen LogP contribution >= 0.6 is 15.9 Å². The average Bonchev–Trinajstić information content (AvgIpc) is 2.39. The van der Waals surface area contributed by atoms with Crippen molar-refractivity contribution in [1.29, 1.82) is 0 Å². The van der Waals surface area contributed by atoms with Crippen LogP contribution in [0.25, 0.3) is 0 Å². The Morgan fingerprint density at radius 1 is 1.26 bits per heavy atom. The van der Waals surface area contributed by atoms with Gasteiger partial charge in [0.1, 0.15) is 6.10 Å². The molecule has 19 heavy (non-hydrogen) atoms. The molecule has 0 amide bonds. The molecule has 0 spiro atoms. The number of ether oxygens (including phenoxy) is 1. The van der Waals surface area contributed by atoms with Crippen molar-refractivity contribution in [2.75, 3.05) is 6.54 Å². The molecule has 0 aliphatic carbocycles. The maximum atomic E-state index is 13.7. The minimum atomic E-state index is -0.376. The molecule has 4 heteroatoms. The Labute approximate surface area is 120 Å². The first-order valence-electron chi connectivity index (χ1n) is 5.98. The third-order valence-corrected chi connectivity index (χ3v) is 3.28. The first-order chi connectivity index (χ1) is 9.10. The topological polar surface area (TPSA) is 35.2 Å². The highest BCUT2D eigenvalue weighted by Gasteiger charge is 2.14. The van der Waals surface area contributed by atoms with E-state index in [9.17, 15) is 4.39 Å². The Bertz CT molecular complexity index is 574. The Hall–Kier alpha value is -1.39. The minimum absolute atomic E-state index is 0.232. The number of rotatable bonds is 4. The molecule has 0 saturated heterocycles. The third-order valence-electron chi connectivity index (χ3n) is 2.79. The first-order valence-corrected chi connectivity index (χ1v) is 6.78. The van der Waals surface area contributed by atoms with Crippen LogP contribution in [0.15, 0.2) is 46.9 Å². The van der Waals surface area contributed by atoms with Crippen molar-refractivity contribution < 1.29 is 9.13 Å². The van der Waals surface area contributed by atoms with E-state index in [2.05, 4.69) is 15.9 Å². The minimum Gasteiger partial charge on any atom is -0.481 e. The number of benzene rings is 2. The Morgan fingerprint density at radius 2 is 2.05 bits per heavy atom. The fourth-order valence-corrected chi connectivity index (χ4v) is 2.23. The number of aryl methyl sites for hydroxylation is 1. The highest BCUT2D eigenvalue weighted by atomic mass is 79.9. The zero-order valence-corrected chi connectivity index (χ0v) is 12.2. The van der Waals surface area contributed by atoms with Gasteiger partial charge >= 0.3 is 0 Å². The zero-order chi connectivity index (χ0) is 13.8. The monoisotopic (exact) mass is 323 g/mol. The predicted octanol–water partition coefficient (Wildman–Crippen LogP) is 3.98. The van der Waals surface area contributed by atoms with Gasteiger partial charge in [-0.15, -0.1) is 0 Å². The van der Waals surface area contributed by atoms with Crippen LogP contribution in [0.4, 0.5) is 4.39 Å². The molecule has 0 heterocycles. The Balaban J connectivity index is 2.26. The van der Waals surface area contributed by atoms with Crippen molar-refractivity contribution in [3.63, 3.8) is 0 Å². The summed E-state index contributed by atoms with van der Waals surface area (Å²) in [6, 6.07) is 12.4. The molecule has 100 valence electrons. The van der Waals surface area contributed by atoms with Gasteiger partial charge in [-0.25, -0.2) is 4.39 Å². The summed E-state index contributed by atoms with van der Waals surface area (Å²) in [5.74, 6) is -0.144. The van der Waals surface area contributed by atoms with Crippen LogP contribution in [0.1, 0.15) is 17.2 Å². The molecule has 0 bridgehead atoms. The summed E-state index contributed by atoms with van der Waals surface area (Å²) in [6.07, 6.45) is -0.367. The van der Waals surface area contributed by atoms with Crippen LogP contribution in [-0.4, -0.2) is 6.54 Å². The molecular weight excluding hydrogens is 309 g/mol. The molecule has 2 rings (SSSR count). The van der Waals surface area contributed by atoms with Gasteiger partial charge in [-0.05, 0) is 42.3 Å². The first kappa shape index (κ1) is 14.0. The van der Waals surface area contributed by atoms with Gasteiger partial charge in [-0.1, -0.05) is 34.1 Å². The summed E-state index contributed by atoms with van der Waals surface area (Å²) in [5.41, 5.74) is 7.59. The standard InChI is InChI=1S/C15H15BrFNO/c1-10-5-6-13(17)14(7-10)19-15(9-18)11-3-2-4-12(16)8-11/h2-8,15H,9,18H2,1H3. The molecule has 0 saturated carbocycles. The molecule has 0 aliphatic rings. The normalized spacial score (nSPS) is 12.2. The van der Waals surface area contributed by atoms with Gasteiger partial charge in [-0.2, -0.15) is 0 Å². The zero-order valence-electron chi connectivity index (χ0n) is 10.6. The van der Waals surface area contributed by atoms with Crippen molar-refractivity contribution >= 4 is 15.9 Å². The molecule has 2 aromatic carbocycles. The van der Waals surface area contributed by atoms with Crippen LogP contribution in [0.5, 0.6) is 5.75 Å².